The van der Waals surface area contributed by atoms with Crippen molar-refractivity contribution in [3.63, 3.8) is 0 Å². The summed E-state index contributed by atoms with van der Waals surface area (Å²) in [5, 5.41) is 17.1. The highest BCUT2D eigenvalue weighted by atomic mass is 32.2. The fourth-order valence-electron chi connectivity index (χ4n) is 3.59. The molecule has 1 atom stereocenters. The van der Waals surface area contributed by atoms with E-state index in [1.165, 1.54) is 18.2 Å². The molecule has 1 aliphatic heterocycles. The molecule has 3 aromatic rings. The minimum atomic E-state index is -0.311. The van der Waals surface area contributed by atoms with Crippen LogP contribution in [0.5, 0.6) is 0 Å². The monoisotopic (exact) mass is 438 g/mol. The standard InChI is InChI=1S/C23H30N6OS/c1-16(31-22-26-25-19-13-9-6-10-14-28(19)22)21(30)24-20-15-18(23(2,3)4)27-29(20)17-11-7-5-8-12-17/h5,7-8,11-12,15-16H,6,9-10,13-14H2,1-4H3,(H,24,30). The predicted molar refractivity (Wildman–Crippen MR) is 124 cm³/mol. The van der Waals surface area contributed by atoms with Gasteiger partial charge in [-0.2, -0.15) is 5.10 Å². The molecule has 1 unspecified atom stereocenters. The van der Waals surface area contributed by atoms with Gasteiger partial charge in [-0.25, -0.2) is 4.68 Å². The first kappa shape index (κ1) is 21.6. The van der Waals surface area contributed by atoms with Crippen molar-refractivity contribution in [1.29, 1.82) is 0 Å². The van der Waals surface area contributed by atoms with Gasteiger partial charge < -0.3 is 9.88 Å². The number of rotatable bonds is 5. The summed E-state index contributed by atoms with van der Waals surface area (Å²) in [6.45, 7) is 9.18. The molecule has 8 heteroatoms. The zero-order valence-electron chi connectivity index (χ0n) is 18.6. The van der Waals surface area contributed by atoms with Crippen molar-refractivity contribution in [1.82, 2.24) is 24.5 Å². The van der Waals surface area contributed by atoms with Crippen LogP contribution in [0, 0.1) is 0 Å². The second kappa shape index (κ2) is 8.86. The molecule has 0 saturated heterocycles. The number of aryl methyl sites for hydroxylation is 1. The van der Waals surface area contributed by atoms with Crippen LogP contribution in [0.25, 0.3) is 5.69 Å². The SMILES string of the molecule is CC(Sc1nnc2n1CCCCC2)C(=O)Nc1cc(C(C)(C)C)nn1-c1ccccc1. The summed E-state index contributed by atoms with van der Waals surface area (Å²) >= 11 is 1.46. The Morgan fingerprint density at radius 1 is 1.13 bits per heavy atom. The zero-order chi connectivity index (χ0) is 22.0. The summed E-state index contributed by atoms with van der Waals surface area (Å²) in [5.41, 5.74) is 1.71. The Hall–Kier alpha value is -2.61. The van der Waals surface area contributed by atoms with Crippen LogP contribution < -0.4 is 5.32 Å². The molecule has 1 amide bonds. The number of nitrogens with one attached hydrogen (secondary N) is 1. The highest BCUT2D eigenvalue weighted by Crippen LogP contribution is 2.29. The number of carbonyl (C=O) groups excluding carboxylic acids is 1. The second-order valence-electron chi connectivity index (χ2n) is 9.02. The maximum absolute atomic E-state index is 13.1. The van der Waals surface area contributed by atoms with Gasteiger partial charge in [0.15, 0.2) is 5.16 Å². The maximum atomic E-state index is 13.1. The molecule has 0 radical (unpaired) electrons. The number of amides is 1. The lowest BCUT2D eigenvalue weighted by Crippen LogP contribution is -2.24. The van der Waals surface area contributed by atoms with E-state index in [9.17, 15) is 4.79 Å². The fourth-order valence-corrected chi connectivity index (χ4v) is 4.48. The number of carbonyl (C=O) groups is 1. The van der Waals surface area contributed by atoms with E-state index in [0.717, 1.165) is 48.2 Å². The largest absolute Gasteiger partial charge is 0.310 e. The minimum absolute atomic E-state index is 0.0755. The number of para-hydroxylation sites is 1. The highest BCUT2D eigenvalue weighted by molar-refractivity contribution is 8.00. The van der Waals surface area contributed by atoms with E-state index in [-0.39, 0.29) is 16.6 Å². The summed E-state index contributed by atoms with van der Waals surface area (Å²) in [6.07, 6.45) is 4.45. The van der Waals surface area contributed by atoms with Crippen molar-refractivity contribution in [2.45, 2.75) is 75.7 Å². The summed E-state index contributed by atoms with van der Waals surface area (Å²) in [6, 6.07) is 11.8. The molecule has 1 N–H and O–H groups in total. The molecular formula is C23H30N6OS. The van der Waals surface area contributed by atoms with Gasteiger partial charge in [0.1, 0.15) is 11.6 Å². The van der Waals surface area contributed by atoms with Gasteiger partial charge in [0.05, 0.1) is 16.6 Å². The molecule has 4 rings (SSSR count). The smallest absolute Gasteiger partial charge is 0.238 e. The van der Waals surface area contributed by atoms with E-state index in [4.69, 9.17) is 5.10 Å². The van der Waals surface area contributed by atoms with E-state index in [2.05, 4.69) is 40.9 Å². The number of anilines is 1. The van der Waals surface area contributed by atoms with Crippen molar-refractivity contribution in [2.75, 3.05) is 5.32 Å². The van der Waals surface area contributed by atoms with Gasteiger partial charge in [-0.05, 0) is 31.9 Å². The topological polar surface area (TPSA) is 77.6 Å². The summed E-state index contributed by atoms with van der Waals surface area (Å²) in [5.74, 6) is 1.63. The minimum Gasteiger partial charge on any atom is -0.310 e. The molecule has 7 nitrogen and oxygen atoms in total. The molecule has 0 aliphatic carbocycles. The molecule has 0 fully saturated rings. The Morgan fingerprint density at radius 3 is 2.65 bits per heavy atom. The third-order valence-electron chi connectivity index (χ3n) is 5.46. The number of aromatic nitrogens is 5. The van der Waals surface area contributed by atoms with Gasteiger partial charge in [-0.15, -0.1) is 10.2 Å². The Morgan fingerprint density at radius 2 is 1.90 bits per heavy atom. The number of nitrogens with zero attached hydrogens (tertiary/aromatic N) is 5. The van der Waals surface area contributed by atoms with Crippen LogP contribution in [0.1, 0.15) is 58.5 Å². The van der Waals surface area contributed by atoms with Crippen LogP contribution in [-0.4, -0.2) is 35.7 Å². The third-order valence-corrected chi connectivity index (χ3v) is 6.54. The first-order chi connectivity index (χ1) is 14.8. The Balaban J connectivity index is 1.54. The molecule has 1 aliphatic rings. The highest BCUT2D eigenvalue weighted by Gasteiger charge is 2.25. The maximum Gasteiger partial charge on any atom is 0.238 e. The molecule has 0 bridgehead atoms. The van der Waals surface area contributed by atoms with Crippen LogP contribution in [0.4, 0.5) is 5.82 Å². The van der Waals surface area contributed by atoms with Crippen LogP contribution in [0.3, 0.4) is 0 Å². The van der Waals surface area contributed by atoms with Gasteiger partial charge in [-0.1, -0.05) is 57.2 Å². The first-order valence-corrected chi connectivity index (χ1v) is 11.8. The Kier molecular flexibility index (Phi) is 6.18. The van der Waals surface area contributed by atoms with Crippen molar-refractivity contribution in [3.8, 4) is 5.69 Å². The van der Waals surface area contributed by atoms with Gasteiger partial charge in [0.2, 0.25) is 5.91 Å². The predicted octanol–water partition coefficient (Wildman–Crippen LogP) is 4.61. The van der Waals surface area contributed by atoms with Gasteiger partial charge in [0, 0.05) is 24.4 Å². The van der Waals surface area contributed by atoms with Crippen LogP contribution >= 0.6 is 11.8 Å². The Bertz CT molecular complexity index is 1050. The second-order valence-corrected chi connectivity index (χ2v) is 10.3. The fraction of sp³-hybridized carbons (Fsp3) is 0.478. The average molecular weight is 439 g/mol. The van der Waals surface area contributed by atoms with Crippen LogP contribution in [-0.2, 0) is 23.2 Å². The van der Waals surface area contributed by atoms with Crippen LogP contribution in [0.2, 0.25) is 0 Å². The summed E-state index contributed by atoms with van der Waals surface area (Å²) < 4.78 is 3.98. The molecule has 3 heterocycles. The molecule has 1 aromatic carbocycles. The molecule has 31 heavy (non-hydrogen) atoms. The van der Waals surface area contributed by atoms with Crippen molar-refractivity contribution < 1.29 is 4.79 Å². The Labute approximate surface area is 187 Å². The molecule has 164 valence electrons. The first-order valence-electron chi connectivity index (χ1n) is 10.9. The number of hydrogen-bond donors (Lipinski definition) is 1. The van der Waals surface area contributed by atoms with Crippen molar-refractivity contribution in [2.24, 2.45) is 0 Å². The number of fused-ring (bicyclic) bond motifs is 1. The average Bonchev–Trinajstić information content (AvgIpc) is 3.25. The summed E-state index contributed by atoms with van der Waals surface area (Å²) in [4.78, 5) is 13.1. The normalized spacial score (nSPS) is 15.2. The molecule has 0 spiro atoms. The van der Waals surface area contributed by atoms with E-state index in [0.29, 0.717) is 5.82 Å². The van der Waals surface area contributed by atoms with Gasteiger partial charge >= 0.3 is 0 Å². The third kappa shape index (κ3) is 4.84. The molecule has 0 saturated carbocycles. The van der Waals surface area contributed by atoms with Gasteiger partial charge in [-0.3, -0.25) is 4.79 Å². The van der Waals surface area contributed by atoms with Crippen molar-refractivity contribution >= 4 is 23.5 Å². The van der Waals surface area contributed by atoms with E-state index in [1.807, 2.05) is 43.3 Å². The van der Waals surface area contributed by atoms with Gasteiger partial charge in [0.25, 0.3) is 0 Å². The molecular weight excluding hydrogens is 408 g/mol. The lowest BCUT2D eigenvalue weighted by atomic mass is 9.92. The number of thioether (sulfide) groups is 1. The lowest BCUT2D eigenvalue weighted by molar-refractivity contribution is -0.115. The zero-order valence-corrected chi connectivity index (χ0v) is 19.4. The molecule has 2 aromatic heterocycles. The summed E-state index contributed by atoms with van der Waals surface area (Å²) in [7, 11) is 0. The quantitative estimate of drug-likeness (QED) is 0.589. The van der Waals surface area contributed by atoms with E-state index in [1.54, 1.807) is 4.68 Å². The van der Waals surface area contributed by atoms with E-state index >= 15 is 0 Å². The van der Waals surface area contributed by atoms with Crippen molar-refractivity contribution in [3.05, 3.63) is 47.9 Å². The number of benzene rings is 1. The van der Waals surface area contributed by atoms with Crippen LogP contribution in [0.15, 0.2) is 41.6 Å². The lowest BCUT2D eigenvalue weighted by Gasteiger charge is -2.14. The number of hydrogen-bond acceptors (Lipinski definition) is 5. The van der Waals surface area contributed by atoms with E-state index < -0.39 is 0 Å².